The van der Waals surface area contributed by atoms with Crippen LogP contribution >= 0.6 is 11.6 Å². The summed E-state index contributed by atoms with van der Waals surface area (Å²) in [6, 6.07) is 0. The minimum atomic E-state index is -0.375. The smallest absolute Gasteiger partial charge is 0.0569 e. The van der Waals surface area contributed by atoms with Crippen LogP contribution in [-0.4, -0.2) is 22.6 Å². The Hall–Kier alpha value is -0.310. The van der Waals surface area contributed by atoms with Crippen molar-refractivity contribution >= 4 is 11.6 Å². The van der Waals surface area contributed by atoms with Crippen LogP contribution in [0.5, 0.6) is 0 Å². The minimum Gasteiger partial charge on any atom is -0.397 e. The van der Waals surface area contributed by atoms with Crippen molar-refractivity contribution in [1.82, 2.24) is 0 Å². The van der Waals surface area contributed by atoms with Gasteiger partial charge in [-0.1, -0.05) is 30.7 Å². The van der Waals surface area contributed by atoms with Crippen molar-refractivity contribution in [2.75, 3.05) is 6.61 Å². The molecule has 1 aliphatic carbocycles. The summed E-state index contributed by atoms with van der Waals surface area (Å²) in [7, 11) is 0. The summed E-state index contributed by atoms with van der Waals surface area (Å²) < 4.78 is 0. The highest BCUT2D eigenvalue weighted by Crippen LogP contribution is 2.32. The summed E-state index contributed by atoms with van der Waals surface area (Å²) in [5.41, 5.74) is 7.10. The van der Waals surface area contributed by atoms with E-state index in [0.717, 1.165) is 0 Å². The van der Waals surface area contributed by atoms with Gasteiger partial charge in [0, 0.05) is 12.5 Å². The van der Waals surface area contributed by atoms with E-state index in [1.54, 1.807) is 6.92 Å². The van der Waals surface area contributed by atoms with Gasteiger partial charge in [-0.2, -0.15) is 0 Å². The lowest BCUT2D eigenvalue weighted by Gasteiger charge is -2.37. The molecule has 3 atom stereocenters. The molecule has 2 nitrogen and oxygen atoms in total. The molecule has 0 spiro atoms. The lowest BCUT2D eigenvalue weighted by Crippen LogP contribution is -2.52. The Labute approximate surface area is 97.8 Å². The Morgan fingerprint density at radius 1 is 1.67 bits per heavy atom. The van der Waals surface area contributed by atoms with Gasteiger partial charge in [0.1, 0.15) is 0 Å². The summed E-state index contributed by atoms with van der Waals surface area (Å²) in [5.74, 6) is 0.329. The van der Waals surface area contributed by atoms with Crippen molar-refractivity contribution in [1.29, 1.82) is 0 Å². The maximum Gasteiger partial charge on any atom is 0.0569 e. The lowest BCUT2D eigenvalue weighted by molar-refractivity contribution is 0.318. The number of nitrogens with two attached hydrogens (primary N) is 1. The molecule has 0 amide bonds. The van der Waals surface area contributed by atoms with Crippen LogP contribution in [0.2, 0.25) is 0 Å². The first-order chi connectivity index (χ1) is 6.90. The monoisotopic (exact) mass is 231 g/mol. The quantitative estimate of drug-likeness (QED) is 0.681. The average Bonchev–Trinajstić information content (AvgIpc) is 2.15. The first-order valence-electron chi connectivity index (χ1n) is 5.29. The summed E-state index contributed by atoms with van der Waals surface area (Å²) in [6.07, 6.45) is 6.09. The van der Waals surface area contributed by atoms with Crippen LogP contribution in [0.1, 0.15) is 27.7 Å². The Morgan fingerprint density at radius 3 is 2.47 bits per heavy atom. The first kappa shape index (κ1) is 14.7. The van der Waals surface area contributed by atoms with Gasteiger partial charge in [-0.15, -0.1) is 11.6 Å². The average molecular weight is 232 g/mol. The molecule has 15 heavy (non-hydrogen) atoms. The number of allylic oxidation sites excluding steroid dienone is 2. The minimum absolute atomic E-state index is 0.0348. The highest BCUT2D eigenvalue weighted by atomic mass is 35.5. The Morgan fingerprint density at radius 2 is 2.13 bits per heavy atom. The van der Waals surface area contributed by atoms with Crippen LogP contribution in [0.25, 0.3) is 0 Å². The second kappa shape index (κ2) is 6.31. The molecule has 1 rings (SSSR count). The molecule has 0 radical (unpaired) electrons. The summed E-state index contributed by atoms with van der Waals surface area (Å²) in [5, 5.41) is 7.53. The standard InChI is InChI=1S/C10H16ClN.C2H6O/c1-7-5-4-6-10(12,8(7)2)9(3)11;1-2-3/h4-6,8-9H,12H2,1-3H3;3H,2H2,1H3. The van der Waals surface area contributed by atoms with Crippen molar-refractivity contribution in [3.8, 4) is 0 Å². The highest BCUT2D eigenvalue weighted by molar-refractivity contribution is 6.21. The second-order valence-electron chi connectivity index (χ2n) is 3.92. The van der Waals surface area contributed by atoms with Crippen LogP contribution in [0.4, 0.5) is 0 Å². The molecular formula is C12H22ClNO. The Bertz CT molecular complexity index is 248. The number of rotatable bonds is 1. The second-order valence-corrected chi connectivity index (χ2v) is 4.58. The molecule has 3 unspecified atom stereocenters. The first-order valence-corrected chi connectivity index (χ1v) is 5.73. The van der Waals surface area contributed by atoms with E-state index in [1.165, 1.54) is 5.57 Å². The molecule has 1 aliphatic rings. The summed E-state index contributed by atoms with van der Waals surface area (Å²) >= 11 is 6.05. The zero-order valence-corrected chi connectivity index (χ0v) is 10.8. The molecule has 0 heterocycles. The molecule has 0 aromatic carbocycles. The molecule has 0 aromatic heterocycles. The van der Waals surface area contributed by atoms with Crippen molar-refractivity contribution in [2.24, 2.45) is 11.7 Å². The number of hydrogen-bond donors (Lipinski definition) is 2. The number of halogens is 1. The lowest BCUT2D eigenvalue weighted by atomic mass is 9.76. The van der Waals surface area contributed by atoms with E-state index in [1.807, 2.05) is 19.1 Å². The largest absolute Gasteiger partial charge is 0.397 e. The zero-order valence-electron chi connectivity index (χ0n) is 10.00. The van der Waals surface area contributed by atoms with Gasteiger partial charge >= 0.3 is 0 Å². The van der Waals surface area contributed by atoms with Gasteiger partial charge < -0.3 is 10.8 Å². The number of aliphatic hydroxyl groups is 1. The third-order valence-electron chi connectivity index (χ3n) is 2.87. The van der Waals surface area contributed by atoms with E-state index in [2.05, 4.69) is 19.9 Å². The van der Waals surface area contributed by atoms with Crippen molar-refractivity contribution in [3.63, 3.8) is 0 Å². The van der Waals surface area contributed by atoms with E-state index in [0.29, 0.717) is 5.92 Å². The van der Waals surface area contributed by atoms with Gasteiger partial charge in [-0.25, -0.2) is 0 Å². The topological polar surface area (TPSA) is 46.2 Å². The maximum atomic E-state index is 7.57. The molecule has 0 fully saturated rings. The fraction of sp³-hybridized carbons (Fsp3) is 0.667. The maximum absolute atomic E-state index is 7.57. The summed E-state index contributed by atoms with van der Waals surface area (Å²) in [6.45, 7) is 8.09. The van der Waals surface area contributed by atoms with E-state index in [9.17, 15) is 0 Å². The van der Waals surface area contributed by atoms with Crippen LogP contribution in [-0.2, 0) is 0 Å². The molecule has 0 bridgehead atoms. The van der Waals surface area contributed by atoms with Gasteiger partial charge in [0.25, 0.3) is 0 Å². The molecule has 3 N–H and O–H groups in total. The van der Waals surface area contributed by atoms with Gasteiger partial charge in [0.15, 0.2) is 0 Å². The molecule has 88 valence electrons. The van der Waals surface area contributed by atoms with Crippen LogP contribution in [0.15, 0.2) is 23.8 Å². The van der Waals surface area contributed by atoms with E-state index < -0.39 is 0 Å². The Kier molecular flexibility index (Phi) is 6.18. The molecular weight excluding hydrogens is 210 g/mol. The van der Waals surface area contributed by atoms with Gasteiger partial charge in [0.2, 0.25) is 0 Å². The molecule has 3 heteroatoms. The van der Waals surface area contributed by atoms with E-state index in [-0.39, 0.29) is 17.5 Å². The highest BCUT2D eigenvalue weighted by Gasteiger charge is 2.36. The van der Waals surface area contributed by atoms with Gasteiger partial charge in [-0.3, -0.25) is 0 Å². The summed E-state index contributed by atoms with van der Waals surface area (Å²) in [4.78, 5) is 0. The third-order valence-corrected chi connectivity index (χ3v) is 3.24. The third kappa shape index (κ3) is 3.63. The molecule has 0 saturated heterocycles. The van der Waals surface area contributed by atoms with Crippen LogP contribution in [0.3, 0.4) is 0 Å². The normalized spacial score (nSPS) is 31.4. The van der Waals surface area contributed by atoms with E-state index in [4.69, 9.17) is 22.4 Å². The SMILES string of the molecule is CC1=CC=CC(N)(C(C)Cl)C1C.CCO. The van der Waals surface area contributed by atoms with Gasteiger partial charge in [0.05, 0.1) is 10.9 Å². The van der Waals surface area contributed by atoms with Crippen LogP contribution in [0, 0.1) is 5.92 Å². The fourth-order valence-corrected chi connectivity index (χ4v) is 1.79. The Balaban J connectivity index is 0.000000583. The number of aliphatic hydroxyl groups excluding tert-OH is 1. The molecule has 0 saturated carbocycles. The predicted molar refractivity (Wildman–Crippen MR) is 67.1 cm³/mol. The molecule has 0 aromatic rings. The van der Waals surface area contributed by atoms with Crippen molar-refractivity contribution < 1.29 is 5.11 Å². The van der Waals surface area contributed by atoms with E-state index >= 15 is 0 Å². The number of hydrogen-bond acceptors (Lipinski definition) is 2. The van der Waals surface area contributed by atoms with Crippen molar-refractivity contribution in [2.45, 2.75) is 38.6 Å². The molecule has 0 aliphatic heterocycles. The predicted octanol–water partition coefficient (Wildman–Crippen LogP) is 2.46. The van der Waals surface area contributed by atoms with Gasteiger partial charge in [-0.05, 0) is 20.8 Å². The van der Waals surface area contributed by atoms with Crippen LogP contribution < -0.4 is 5.73 Å². The number of alkyl halides is 1. The van der Waals surface area contributed by atoms with Crippen molar-refractivity contribution in [3.05, 3.63) is 23.8 Å². The zero-order chi connectivity index (χ0) is 12.1. The fourth-order valence-electron chi connectivity index (χ4n) is 1.53.